The number of carboxylic acids is 1. The first-order valence-electron chi connectivity index (χ1n) is 7.25. The Morgan fingerprint density at radius 1 is 1.26 bits per heavy atom. The van der Waals surface area contributed by atoms with Crippen molar-refractivity contribution in [2.24, 2.45) is 5.92 Å². The van der Waals surface area contributed by atoms with Crippen molar-refractivity contribution in [2.45, 2.75) is 51.2 Å². The molecule has 19 heavy (non-hydrogen) atoms. The van der Waals surface area contributed by atoms with E-state index in [-0.39, 0.29) is 12.0 Å². The minimum Gasteiger partial charge on any atom is -0.481 e. The predicted molar refractivity (Wildman–Crippen MR) is 73.9 cm³/mol. The molecule has 1 N–H and O–H groups in total. The summed E-state index contributed by atoms with van der Waals surface area (Å²) in [5.41, 5.74) is 2.66. The topological polar surface area (TPSA) is 40.5 Å². The molecule has 3 rings (SSSR count). The molecule has 0 amide bonds. The van der Waals surface area contributed by atoms with Gasteiger partial charge < -0.3 is 5.11 Å². The molecule has 3 heteroatoms. The van der Waals surface area contributed by atoms with Crippen LogP contribution in [-0.4, -0.2) is 28.1 Å². The summed E-state index contributed by atoms with van der Waals surface area (Å²) in [6, 6.07) is 9.48. The molecule has 0 radical (unpaired) electrons. The highest BCUT2D eigenvalue weighted by molar-refractivity contribution is 5.71. The van der Waals surface area contributed by atoms with Gasteiger partial charge in [-0.3, -0.25) is 9.69 Å². The lowest BCUT2D eigenvalue weighted by Gasteiger charge is -2.22. The number of carboxylic acid groups (broad SMARTS) is 1. The summed E-state index contributed by atoms with van der Waals surface area (Å²) in [5, 5.41) is 9.26. The lowest BCUT2D eigenvalue weighted by atomic mass is 9.89. The van der Waals surface area contributed by atoms with E-state index in [1.807, 2.05) is 0 Å². The van der Waals surface area contributed by atoms with E-state index in [0.29, 0.717) is 6.04 Å². The summed E-state index contributed by atoms with van der Waals surface area (Å²) in [6.07, 6.45) is 4.12. The monoisotopic (exact) mass is 259 g/mol. The number of nitrogens with zero attached hydrogens (tertiary/aromatic N) is 1. The lowest BCUT2D eigenvalue weighted by Crippen LogP contribution is -2.32. The third-order valence-electron chi connectivity index (χ3n) is 4.79. The van der Waals surface area contributed by atoms with Gasteiger partial charge in [-0.1, -0.05) is 31.2 Å². The fourth-order valence-electron chi connectivity index (χ4n) is 3.70. The fourth-order valence-corrected chi connectivity index (χ4v) is 3.70. The summed E-state index contributed by atoms with van der Waals surface area (Å²) in [6.45, 7) is 3.07. The molecule has 2 aliphatic heterocycles. The number of aliphatic carboxylic acids is 1. The lowest BCUT2D eigenvalue weighted by molar-refractivity contribution is -0.142. The zero-order valence-electron chi connectivity index (χ0n) is 11.4. The van der Waals surface area contributed by atoms with Gasteiger partial charge in [-0.2, -0.15) is 0 Å². The highest BCUT2D eigenvalue weighted by Gasteiger charge is 2.48. The van der Waals surface area contributed by atoms with Gasteiger partial charge in [0, 0.05) is 18.6 Å². The largest absolute Gasteiger partial charge is 0.481 e. The van der Waals surface area contributed by atoms with Crippen LogP contribution in [-0.2, 0) is 17.8 Å². The molecule has 3 atom stereocenters. The quantitative estimate of drug-likeness (QED) is 0.903. The van der Waals surface area contributed by atoms with Crippen LogP contribution < -0.4 is 0 Å². The van der Waals surface area contributed by atoms with Crippen LogP contribution in [0.4, 0.5) is 0 Å². The van der Waals surface area contributed by atoms with E-state index in [2.05, 4.69) is 36.1 Å². The SMILES string of the molecule is CCc1ccc(CN2C3CCC2C(C(=O)O)C3)cc1. The summed E-state index contributed by atoms with van der Waals surface area (Å²) in [5.74, 6) is -0.757. The molecule has 0 saturated carbocycles. The third kappa shape index (κ3) is 2.27. The highest BCUT2D eigenvalue weighted by Crippen LogP contribution is 2.42. The van der Waals surface area contributed by atoms with E-state index in [0.717, 1.165) is 25.8 Å². The molecule has 102 valence electrons. The van der Waals surface area contributed by atoms with Crippen LogP contribution >= 0.6 is 0 Å². The van der Waals surface area contributed by atoms with Crippen molar-refractivity contribution in [3.63, 3.8) is 0 Å². The number of rotatable bonds is 4. The van der Waals surface area contributed by atoms with Gasteiger partial charge in [-0.05, 0) is 36.8 Å². The van der Waals surface area contributed by atoms with Gasteiger partial charge >= 0.3 is 5.97 Å². The van der Waals surface area contributed by atoms with Crippen molar-refractivity contribution in [1.29, 1.82) is 0 Å². The molecule has 3 unspecified atom stereocenters. The Labute approximate surface area is 114 Å². The Kier molecular flexibility index (Phi) is 3.31. The molecule has 2 aliphatic rings. The van der Waals surface area contributed by atoms with Gasteiger partial charge in [-0.15, -0.1) is 0 Å². The normalized spacial score (nSPS) is 29.8. The van der Waals surface area contributed by atoms with Crippen LogP contribution in [0.25, 0.3) is 0 Å². The first-order valence-corrected chi connectivity index (χ1v) is 7.25. The summed E-state index contributed by atoms with van der Waals surface area (Å²) < 4.78 is 0. The molecule has 1 aromatic rings. The molecule has 0 aromatic heterocycles. The molecule has 2 fully saturated rings. The van der Waals surface area contributed by atoms with Gasteiger partial charge in [0.2, 0.25) is 0 Å². The molecule has 1 aromatic carbocycles. The van der Waals surface area contributed by atoms with Crippen LogP contribution in [0.1, 0.15) is 37.3 Å². The van der Waals surface area contributed by atoms with Crippen molar-refractivity contribution < 1.29 is 9.90 Å². The fraction of sp³-hybridized carbons (Fsp3) is 0.562. The van der Waals surface area contributed by atoms with Crippen molar-refractivity contribution in [1.82, 2.24) is 4.90 Å². The maximum absolute atomic E-state index is 11.2. The van der Waals surface area contributed by atoms with Gasteiger partial charge in [0.25, 0.3) is 0 Å². The second kappa shape index (κ2) is 4.97. The smallest absolute Gasteiger partial charge is 0.308 e. The van der Waals surface area contributed by atoms with Crippen LogP contribution in [0, 0.1) is 5.92 Å². The van der Waals surface area contributed by atoms with Crippen LogP contribution in [0.2, 0.25) is 0 Å². The number of fused-ring (bicyclic) bond motifs is 2. The van der Waals surface area contributed by atoms with Gasteiger partial charge in [0.05, 0.1) is 5.92 Å². The molecule has 0 aliphatic carbocycles. The molecular weight excluding hydrogens is 238 g/mol. The molecular formula is C16H21NO2. The Morgan fingerprint density at radius 3 is 2.53 bits per heavy atom. The number of hydrogen-bond acceptors (Lipinski definition) is 2. The number of benzene rings is 1. The average molecular weight is 259 g/mol. The van der Waals surface area contributed by atoms with Crippen molar-refractivity contribution in [2.75, 3.05) is 0 Å². The van der Waals surface area contributed by atoms with Crippen LogP contribution in [0.15, 0.2) is 24.3 Å². The third-order valence-corrected chi connectivity index (χ3v) is 4.79. The van der Waals surface area contributed by atoms with Gasteiger partial charge in [0.15, 0.2) is 0 Å². The second-order valence-corrected chi connectivity index (χ2v) is 5.82. The average Bonchev–Trinajstić information content (AvgIpc) is 2.97. The molecule has 2 saturated heterocycles. The Bertz CT molecular complexity index is 468. The molecule has 0 spiro atoms. The first-order chi connectivity index (χ1) is 9.19. The Hall–Kier alpha value is -1.35. The van der Waals surface area contributed by atoms with Gasteiger partial charge in [0.1, 0.15) is 0 Å². The maximum Gasteiger partial charge on any atom is 0.308 e. The van der Waals surface area contributed by atoms with E-state index < -0.39 is 5.97 Å². The zero-order valence-corrected chi connectivity index (χ0v) is 11.4. The molecule has 2 bridgehead atoms. The Balaban J connectivity index is 1.71. The van der Waals surface area contributed by atoms with E-state index in [1.54, 1.807) is 0 Å². The maximum atomic E-state index is 11.2. The van der Waals surface area contributed by atoms with E-state index in [4.69, 9.17) is 0 Å². The number of aryl methyl sites for hydroxylation is 1. The van der Waals surface area contributed by atoms with E-state index in [1.165, 1.54) is 17.5 Å². The summed E-state index contributed by atoms with van der Waals surface area (Å²) in [4.78, 5) is 13.7. The standard InChI is InChI=1S/C16H21NO2/c1-2-11-3-5-12(6-4-11)10-17-13-7-8-15(17)14(9-13)16(18)19/h3-6,13-15H,2,7-10H2,1H3,(H,18,19). The second-order valence-electron chi connectivity index (χ2n) is 5.82. The van der Waals surface area contributed by atoms with Crippen molar-refractivity contribution in [3.05, 3.63) is 35.4 Å². The highest BCUT2D eigenvalue weighted by atomic mass is 16.4. The Morgan fingerprint density at radius 2 is 1.95 bits per heavy atom. The van der Waals surface area contributed by atoms with Crippen LogP contribution in [0.3, 0.4) is 0 Å². The summed E-state index contributed by atoms with van der Waals surface area (Å²) in [7, 11) is 0. The van der Waals surface area contributed by atoms with Crippen molar-refractivity contribution in [3.8, 4) is 0 Å². The predicted octanol–water partition coefficient (Wildman–Crippen LogP) is 2.69. The number of hydrogen-bond donors (Lipinski definition) is 1. The number of carbonyl (C=O) groups is 1. The van der Waals surface area contributed by atoms with Crippen LogP contribution in [0.5, 0.6) is 0 Å². The molecule has 3 nitrogen and oxygen atoms in total. The first kappa shape index (κ1) is 12.7. The van der Waals surface area contributed by atoms with E-state index in [9.17, 15) is 9.90 Å². The molecule has 2 heterocycles. The minimum absolute atomic E-state index is 0.145. The zero-order chi connectivity index (χ0) is 13.4. The van der Waals surface area contributed by atoms with E-state index >= 15 is 0 Å². The summed E-state index contributed by atoms with van der Waals surface area (Å²) >= 11 is 0. The van der Waals surface area contributed by atoms with Crippen molar-refractivity contribution >= 4 is 5.97 Å². The van der Waals surface area contributed by atoms with Gasteiger partial charge in [-0.25, -0.2) is 0 Å². The minimum atomic E-state index is -0.612.